The SMILES string of the molecule is Cc1cccc(C=NNc2cc(N3CCOCC3)cc(N3CCSCC3)n2)c1. The predicted octanol–water partition coefficient (Wildman–Crippen LogP) is 3.23. The Labute approximate surface area is 171 Å². The minimum Gasteiger partial charge on any atom is -0.378 e. The summed E-state index contributed by atoms with van der Waals surface area (Å²) >= 11 is 2.01. The number of rotatable bonds is 5. The van der Waals surface area contributed by atoms with Gasteiger partial charge in [-0.05, 0) is 12.5 Å². The highest BCUT2D eigenvalue weighted by Gasteiger charge is 2.17. The van der Waals surface area contributed by atoms with Gasteiger partial charge in [0.25, 0.3) is 0 Å². The molecule has 0 spiro atoms. The van der Waals surface area contributed by atoms with Gasteiger partial charge in [0, 0.05) is 55.5 Å². The van der Waals surface area contributed by atoms with E-state index >= 15 is 0 Å². The molecule has 0 atom stereocenters. The summed E-state index contributed by atoms with van der Waals surface area (Å²) in [6.45, 7) is 7.52. The molecule has 28 heavy (non-hydrogen) atoms. The van der Waals surface area contributed by atoms with E-state index in [4.69, 9.17) is 9.72 Å². The van der Waals surface area contributed by atoms with Gasteiger partial charge in [-0.1, -0.05) is 29.8 Å². The highest BCUT2D eigenvalue weighted by atomic mass is 32.2. The summed E-state index contributed by atoms with van der Waals surface area (Å²) in [5.41, 5.74) is 6.62. The number of nitrogens with one attached hydrogen (secondary N) is 1. The molecule has 2 saturated heterocycles. The van der Waals surface area contributed by atoms with Crippen LogP contribution < -0.4 is 15.2 Å². The fourth-order valence-corrected chi connectivity index (χ4v) is 4.34. The van der Waals surface area contributed by atoms with E-state index in [1.54, 1.807) is 0 Å². The monoisotopic (exact) mass is 397 g/mol. The lowest BCUT2D eigenvalue weighted by Gasteiger charge is -2.32. The third kappa shape index (κ3) is 4.97. The molecular weight excluding hydrogens is 370 g/mol. The molecule has 2 aliphatic heterocycles. The summed E-state index contributed by atoms with van der Waals surface area (Å²) in [5, 5.41) is 4.42. The number of hydrogen-bond acceptors (Lipinski definition) is 7. The topological polar surface area (TPSA) is 53.0 Å². The van der Waals surface area contributed by atoms with Crippen molar-refractivity contribution in [2.24, 2.45) is 5.10 Å². The van der Waals surface area contributed by atoms with Gasteiger partial charge in [0.2, 0.25) is 0 Å². The van der Waals surface area contributed by atoms with Crippen LogP contribution in [-0.2, 0) is 4.74 Å². The molecule has 1 N–H and O–H groups in total. The minimum atomic E-state index is 0.770. The lowest BCUT2D eigenvalue weighted by atomic mass is 10.2. The molecule has 2 aliphatic rings. The van der Waals surface area contributed by atoms with Crippen molar-refractivity contribution in [3.8, 4) is 0 Å². The third-order valence-electron chi connectivity index (χ3n) is 4.94. The number of pyridine rings is 1. The van der Waals surface area contributed by atoms with Crippen molar-refractivity contribution in [3.63, 3.8) is 0 Å². The van der Waals surface area contributed by atoms with Crippen molar-refractivity contribution >= 4 is 35.3 Å². The van der Waals surface area contributed by atoms with Gasteiger partial charge in [-0.25, -0.2) is 4.98 Å². The largest absolute Gasteiger partial charge is 0.378 e. The van der Waals surface area contributed by atoms with E-state index in [0.717, 1.165) is 68.1 Å². The molecule has 3 heterocycles. The van der Waals surface area contributed by atoms with Gasteiger partial charge in [-0.3, -0.25) is 5.43 Å². The molecule has 0 radical (unpaired) electrons. The number of anilines is 3. The number of hydrogen-bond donors (Lipinski definition) is 1. The number of morpholine rings is 1. The second-order valence-corrected chi connectivity index (χ2v) is 8.28. The Balaban J connectivity index is 1.55. The van der Waals surface area contributed by atoms with Crippen molar-refractivity contribution in [3.05, 3.63) is 47.5 Å². The molecule has 0 aliphatic carbocycles. The second-order valence-electron chi connectivity index (χ2n) is 7.05. The number of aromatic nitrogens is 1. The summed E-state index contributed by atoms with van der Waals surface area (Å²) in [6.07, 6.45) is 1.84. The van der Waals surface area contributed by atoms with E-state index in [2.05, 4.69) is 51.5 Å². The van der Waals surface area contributed by atoms with Crippen LogP contribution in [0.25, 0.3) is 0 Å². The predicted molar refractivity (Wildman–Crippen MR) is 119 cm³/mol. The summed E-state index contributed by atoms with van der Waals surface area (Å²) < 4.78 is 5.51. The smallest absolute Gasteiger partial charge is 0.150 e. The first-order valence-electron chi connectivity index (χ1n) is 9.81. The van der Waals surface area contributed by atoms with E-state index in [0.29, 0.717) is 0 Å². The van der Waals surface area contributed by atoms with Crippen LogP contribution in [0, 0.1) is 6.92 Å². The molecule has 2 aromatic rings. The standard InChI is InChI=1S/C21H27N5OS/c1-17-3-2-4-18(13-17)16-22-24-20-14-19(25-5-9-27-10-6-25)15-21(23-20)26-7-11-28-12-8-26/h2-4,13-16H,5-12H2,1H3,(H,23,24). The number of thioether (sulfide) groups is 1. The maximum Gasteiger partial charge on any atom is 0.150 e. The number of ether oxygens (including phenoxy) is 1. The van der Waals surface area contributed by atoms with Crippen molar-refractivity contribution < 1.29 is 4.74 Å². The average Bonchev–Trinajstić information content (AvgIpc) is 2.75. The fraction of sp³-hybridized carbons (Fsp3) is 0.429. The summed E-state index contributed by atoms with van der Waals surface area (Å²) in [6, 6.07) is 12.6. The van der Waals surface area contributed by atoms with Crippen molar-refractivity contribution in [1.29, 1.82) is 0 Å². The van der Waals surface area contributed by atoms with Crippen LogP contribution in [0.3, 0.4) is 0 Å². The van der Waals surface area contributed by atoms with Crippen LogP contribution in [-0.4, -0.2) is 62.1 Å². The molecule has 1 aromatic heterocycles. The quantitative estimate of drug-likeness (QED) is 0.618. The first-order valence-corrected chi connectivity index (χ1v) is 11.0. The average molecular weight is 398 g/mol. The van der Waals surface area contributed by atoms with Crippen LogP contribution in [0.15, 0.2) is 41.5 Å². The summed E-state index contributed by atoms with van der Waals surface area (Å²) in [7, 11) is 0. The third-order valence-corrected chi connectivity index (χ3v) is 5.89. The fourth-order valence-electron chi connectivity index (χ4n) is 3.44. The maximum absolute atomic E-state index is 5.51. The van der Waals surface area contributed by atoms with E-state index in [-0.39, 0.29) is 0 Å². The van der Waals surface area contributed by atoms with E-state index < -0.39 is 0 Å². The van der Waals surface area contributed by atoms with Gasteiger partial charge in [0.15, 0.2) is 5.82 Å². The normalized spacial score (nSPS) is 17.9. The number of aryl methyl sites for hydroxylation is 1. The van der Waals surface area contributed by atoms with Gasteiger partial charge in [0.05, 0.1) is 19.4 Å². The highest BCUT2D eigenvalue weighted by molar-refractivity contribution is 7.99. The number of nitrogens with zero attached hydrogens (tertiary/aromatic N) is 4. The van der Waals surface area contributed by atoms with Gasteiger partial charge in [0.1, 0.15) is 5.82 Å². The van der Waals surface area contributed by atoms with E-state index in [1.807, 2.05) is 30.1 Å². The molecule has 1 aromatic carbocycles. The maximum atomic E-state index is 5.51. The van der Waals surface area contributed by atoms with Gasteiger partial charge < -0.3 is 14.5 Å². The molecule has 0 unspecified atom stereocenters. The van der Waals surface area contributed by atoms with Crippen molar-refractivity contribution in [2.75, 3.05) is 66.1 Å². The molecule has 4 rings (SSSR count). The van der Waals surface area contributed by atoms with Crippen LogP contribution in [0.1, 0.15) is 11.1 Å². The zero-order valence-corrected chi connectivity index (χ0v) is 17.1. The van der Waals surface area contributed by atoms with Gasteiger partial charge in [-0.15, -0.1) is 0 Å². The zero-order valence-electron chi connectivity index (χ0n) is 16.3. The molecule has 7 heteroatoms. The Morgan fingerprint density at radius 3 is 2.68 bits per heavy atom. The highest BCUT2D eigenvalue weighted by Crippen LogP contribution is 2.27. The van der Waals surface area contributed by atoms with E-state index in [9.17, 15) is 0 Å². The Morgan fingerprint density at radius 1 is 1.07 bits per heavy atom. The van der Waals surface area contributed by atoms with E-state index in [1.165, 1.54) is 11.3 Å². The molecule has 148 valence electrons. The van der Waals surface area contributed by atoms with Crippen LogP contribution >= 0.6 is 11.8 Å². The lowest BCUT2D eigenvalue weighted by Crippen LogP contribution is -2.37. The Kier molecular flexibility index (Phi) is 6.34. The van der Waals surface area contributed by atoms with Crippen LogP contribution in [0.5, 0.6) is 0 Å². The Morgan fingerprint density at radius 2 is 1.89 bits per heavy atom. The zero-order chi connectivity index (χ0) is 19.2. The first-order chi connectivity index (χ1) is 13.8. The van der Waals surface area contributed by atoms with Crippen LogP contribution in [0.2, 0.25) is 0 Å². The Hall–Kier alpha value is -2.25. The number of benzene rings is 1. The lowest BCUT2D eigenvalue weighted by molar-refractivity contribution is 0.122. The molecule has 6 nitrogen and oxygen atoms in total. The first kappa shape index (κ1) is 19.1. The molecule has 0 saturated carbocycles. The summed E-state index contributed by atoms with van der Waals surface area (Å²) in [5.74, 6) is 4.11. The summed E-state index contributed by atoms with van der Waals surface area (Å²) in [4.78, 5) is 9.57. The second kappa shape index (κ2) is 9.30. The molecule has 2 fully saturated rings. The molecular formula is C21H27N5OS. The van der Waals surface area contributed by atoms with Crippen LogP contribution in [0.4, 0.5) is 17.3 Å². The van der Waals surface area contributed by atoms with Gasteiger partial charge >= 0.3 is 0 Å². The number of hydrazone groups is 1. The van der Waals surface area contributed by atoms with Crippen molar-refractivity contribution in [1.82, 2.24) is 4.98 Å². The molecule has 0 amide bonds. The minimum absolute atomic E-state index is 0.770. The Bertz CT molecular complexity index is 780. The molecule has 0 bridgehead atoms. The van der Waals surface area contributed by atoms with Gasteiger partial charge in [-0.2, -0.15) is 16.9 Å². The van der Waals surface area contributed by atoms with Crippen molar-refractivity contribution in [2.45, 2.75) is 6.92 Å².